The molecule has 0 fully saturated rings. The molecule has 6 heteroatoms. The number of aromatic nitrogens is 5. The monoisotopic (exact) mass is 771 g/mol. The highest BCUT2D eigenvalue weighted by Crippen LogP contribution is 2.45. The van der Waals surface area contributed by atoms with E-state index in [4.69, 9.17) is 15.0 Å². The zero-order valence-corrected chi connectivity index (χ0v) is 32.5. The molecule has 0 unspecified atom stereocenters. The van der Waals surface area contributed by atoms with Crippen molar-refractivity contribution >= 4 is 64.2 Å². The van der Waals surface area contributed by atoms with Crippen LogP contribution in [0.2, 0.25) is 0 Å². The van der Waals surface area contributed by atoms with E-state index >= 15 is 0 Å². The lowest BCUT2D eigenvalue weighted by Crippen LogP contribution is -2.02. The molecule has 0 saturated carbocycles. The first-order valence-electron chi connectivity index (χ1n) is 19.8. The first-order valence-corrected chi connectivity index (χ1v) is 20.6. The number of nitrogens with zero attached hydrogens (tertiary/aromatic N) is 5. The summed E-state index contributed by atoms with van der Waals surface area (Å²) in [5, 5.41) is 6.16. The highest BCUT2D eigenvalue weighted by molar-refractivity contribution is 7.26. The Morgan fingerprint density at radius 1 is 0.373 bits per heavy atom. The second-order valence-electron chi connectivity index (χ2n) is 14.9. The third-order valence-corrected chi connectivity index (χ3v) is 12.6. The van der Waals surface area contributed by atoms with Crippen LogP contribution < -0.4 is 0 Å². The number of hydrogen-bond donors (Lipinski definition) is 0. The van der Waals surface area contributed by atoms with E-state index in [2.05, 4.69) is 173 Å². The van der Waals surface area contributed by atoms with Crippen LogP contribution in [0.15, 0.2) is 200 Å². The standard InChI is InChI=1S/C53H33N5S/c1-5-15-34(16-6-1)38-29-39(53-55-51(35-17-7-2-8-18-35)54-52(56-53)36-19-9-3-10-20-36)31-41(30-38)58-47-33-46-37(27-28-57(46)40-21-11-4-12-22-40)32-45(47)43-25-26-44-42-23-13-14-24-48(42)59-50(44)49(43)58/h1-33H. The average Bonchev–Trinajstić information content (AvgIpc) is 4.01. The maximum absolute atomic E-state index is 5.21. The SMILES string of the molecule is c1ccc(-c2cc(-c3nc(-c4ccccc4)nc(-c4ccccc4)n3)cc(-n3c4cc5c(ccn5-c5ccccc5)cc4c4ccc5c6ccccc6sc5c43)c2)cc1. The van der Waals surface area contributed by atoms with Gasteiger partial charge in [-0.1, -0.05) is 140 Å². The number of fused-ring (bicyclic) bond motifs is 8. The molecular formula is C53H33N5S. The van der Waals surface area contributed by atoms with Crippen molar-refractivity contribution in [3.63, 3.8) is 0 Å². The van der Waals surface area contributed by atoms with Crippen molar-refractivity contribution < 1.29 is 0 Å². The van der Waals surface area contributed by atoms with E-state index in [0.717, 1.165) is 50.2 Å². The minimum Gasteiger partial charge on any atom is -0.316 e. The van der Waals surface area contributed by atoms with Gasteiger partial charge in [-0.05, 0) is 65.7 Å². The summed E-state index contributed by atoms with van der Waals surface area (Å²) in [7, 11) is 0. The Hall–Kier alpha value is -7.67. The van der Waals surface area contributed by atoms with Gasteiger partial charge in [-0.3, -0.25) is 0 Å². The van der Waals surface area contributed by atoms with E-state index in [0.29, 0.717) is 17.5 Å². The summed E-state index contributed by atoms with van der Waals surface area (Å²) >= 11 is 1.86. The fraction of sp³-hybridized carbons (Fsp3) is 0. The summed E-state index contributed by atoms with van der Waals surface area (Å²) in [6.45, 7) is 0. The Kier molecular flexibility index (Phi) is 7.64. The highest BCUT2D eigenvalue weighted by atomic mass is 32.1. The Labute approximate surface area is 343 Å². The van der Waals surface area contributed by atoms with Crippen LogP contribution in [0.3, 0.4) is 0 Å². The van der Waals surface area contributed by atoms with Gasteiger partial charge >= 0.3 is 0 Å². The molecule has 0 aliphatic carbocycles. The Morgan fingerprint density at radius 2 is 0.949 bits per heavy atom. The lowest BCUT2D eigenvalue weighted by Gasteiger charge is -2.15. The maximum atomic E-state index is 5.21. The van der Waals surface area contributed by atoms with Crippen molar-refractivity contribution in [1.82, 2.24) is 24.1 Å². The molecule has 0 N–H and O–H groups in total. The van der Waals surface area contributed by atoms with E-state index in [1.54, 1.807) is 0 Å². The molecule has 0 radical (unpaired) electrons. The van der Waals surface area contributed by atoms with Crippen LogP contribution in [0, 0.1) is 0 Å². The molecular weight excluding hydrogens is 739 g/mol. The molecule has 276 valence electrons. The Balaban J connectivity index is 1.20. The van der Waals surface area contributed by atoms with Crippen LogP contribution >= 0.6 is 11.3 Å². The summed E-state index contributed by atoms with van der Waals surface area (Å²) in [6.07, 6.45) is 2.18. The smallest absolute Gasteiger partial charge is 0.164 e. The zero-order chi connectivity index (χ0) is 38.9. The van der Waals surface area contributed by atoms with Gasteiger partial charge in [0.15, 0.2) is 17.5 Å². The minimum absolute atomic E-state index is 0.616. The number of para-hydroxylation sites is 1. The normalized spacial score (nSPS) is 11.7. The predicted molar refractivity (Wildman–Crippen MR) is 246 cm³/mol. The van der Waals surface area contributed by atoms with Crippen molar-refractivity contribution in [3.8, 4) is 56.7 Å². The van der Waals surface area contributed by atoms with E-state index in [1.165, 1.54) is 41.8 Å². The van der Waals surface area contributed by atoms with Gasteiger partial charge in [-0.15, -0.1) is 11.3 Å². The van der Waals surface area contributed by atoms with Crippen molar-refractivity contribution in [1.29, 1.82) is 0 Å². The first kappa shape index (κ1) is 33.5. The van der Waals surface area contributed by atoms with Crippen LogP contribution in [-0.2, 0) is 0 Å². The lowest BCUT2D eigenvalue weighted by atomic mass is 10.0. The second-order valence-corrected chi connectivity index (χ2v) is 15.9. The number of rotatable bonds is 6. The van der Waals surface area contributed by atoms with Crippen LogP contribution in [0.5, 0.6) is 0 Å². The summed E-state index contributed by atoms with van der Waals surface area (Å²) in [6, 6.07) is 68.7. The molecule has 12 rings (SSSR count). The third kappa shape index (κ3) is 5.57. The minimum atomic E-state index is 0.616. The van der Waals surface area contributed by atoms with Crippen molar-refractivity contribution in [2.24, 2.45) is 0 Å². The highest BCUT2D eigenvalue weighted by Gasteiger charge is 2.22. The van der Waals surface area contributed by atoms with E-state index < -0.39 is 0 Å². The number of hydrogen-bond acceptors (Lipinski definition) is 4. The molecule has 0 amide bonds. The molecule has 59 heavy (non-hydrogen) atoms. The Bertz CT molecular complexity index is 3480. The number of thiophene rings is 1. The second kappa shape index (κ2) is 13.5. The van der Waals surface area contributed by atoms with Crippen LogP contribution in [0.25, 0.3) is 110 Å². The molecule has 0 bridgehead atoms. The molecule has 5 nitrogen and oxygen atoms in total. The zero-order valence-electron chi connectivity index (χ0n) is 31.7. The van der Waals surface area contributed by atoms with Gasteiger partial charge < -0.3 is 9.13 Å². The molecule has 12 aromatic rings. The molecule has 0 aliphatic rings. The van der Waals surface area contributed by atoms with Gasteiger partial charge in [0, 0.05) is 65.9 Å². The van der Waals surface area contributed by atoms with E-state index in [9.17, 15) is 0 Å². The maximum Gasteiger partial charge on any atom is 0.164 e. The third-order valence-electron chi connectivity index (χ3n) is 11.4. The van der Waals surface area contributed by atoms with Gasteiger partial charge in [0.25, 0.3) is 0 Å². The van der Waals surface area contributed by atoms with Gasteiger partial charge in [-0.2, -0.15) is 0 Å². The molecule has 0 atom stereocenters. The molecule has 0 aliphatic heterocycles. The topological polar surface area (TPSA) is 48.5 Å². The molecule has 0 saturated heterocycles. The summed E-state index contributed by atoms with van der Waals surface area (Å²) in [5.41, 5.74) is 10.6. The van der Waals surface area contributed by atoms with Gasteiger partial charge in [-0.25, -0.2) is 15.0 Å². The van der Waals surface area contributed by atoms with Gasteiger partial charge in [0.2, 0.25) is 0 Å². The molecule has 4 aromatic heterocycles. The van der Waals surface area contributed by atoms with E-state index in [-0.39, 0.29) is 0 Å². The largest absolute Gasteiger partial charge is 0.316 e. The summed E-state index contributed by atoms with van der Waals surface area (Å²) < 4.78 is 7.31. The number of benzene rings is 8. The fourth-order valence-electron chi connectivity index (χ4n) is 8.59. The predicted octanol–water partition coefficient (Wildman–Crippen LogP) is 13.9. The van der Waals surface area contributed by atoms with Gasteiger partial charge in [0.1, 0.15) is 0 Å². The quantitative estimate of drug-likeness (QED) is 0.169. The van der Waals surface area contributed by atoms with Crippen LogP contribution in [-0.4, -0.2) is 24.1 Å². The Morgan fingerprint density at radius 3 is 1.64 bits per heavy atom. The van der Waals surface area contributed by atoms with E-state index in [1.807, 2.05) is 47.7 Å². The van der Waals surface area contributed by atoms with Crippen molar-refractivity contribution in [2.75, 3.05) is 0 Å². The molecule has 4 heterocycles. The molecule has 0 spiro atoms. The summed E-state index contributed by atoms with van der Waals surface area (Å²) in [4.78, 5) is 15.4. The van der Waals surface area contributed by atoms with Crippen molar-refractivity contribution in [3.05, 3.63) is 200 Å². The summed E-state index contributed by atoms with van der Waals surface area (Å²) in [5.74, 6) is 1.88. The average molecular weight is 772 g/mol. The van der Waals surface area contributed by atoms with Crippen LogP contribution in [0.1, 0.15) is 0 Å². The van der Waals surface area contributed by atoms with Gasteiger partial charge in [0.05, 0.1) is 21.3 Å². The lowest BCUT2D eigenvalue weighted by molar-refractivity contribution is 1.07. The van der Waals surface area contributed by atoms with Crippen LogP contribution in [0.4, 0.5) is 0 Å². The van der Waals surface area contributed by atoms with Crippen molar-refractivity contribution in [2.45, 2.75) is 0 Å². The molecule has 8 aromatic carbocycles. The first-order chi connectivity index (χ1) is 29.2. The fourth-order valence-corrected chi connectivity index (χ4v) is 9.83.